The van der Waals surface area contributed by atoms with Gasteiger partial charge in [0, 0.05) is 18.5 Å². The van der Waals surface area contributed by atoms with E-state index in [0.29, 0.717) is 25.9 Å². The SMILES string of the molecule is C=CC[C@]1(CN(C)C)CCN(C(=O)OCc2ccccc2)[C@@H]1C(=O)OC. The zero-order valence-corrected chi connectivity index (χ0v) is 15.8. The van der Waals surface area contributed by atoms with Crippen LogP contribution in [0, 0.1) is 5.41 Å². The van der Waals surface area contributed by atoms with Gasteiger partial charge in [0.15, 0.2) is 0 Å². The highest BCUT2D eigenvalue weighted by Crippen LogP contribution is 2.42. The number of hydrogen-bond acceptors (Lipinski definition) is 5. The van der Waals surface area contributed by atoms with Crippen LogP contribution in [0.15, 0.2) is 43.0 Å². The fourth-order valence-electron chi connectivity index (χ4n) is 3.79. The Balaban J connectivity index is 2.19. The molecule has 0 unspecified atom stereocenters. The first-order chi connectivity index (χ1) is 12.4. The Morgan fingerprint density at radius 3 is 2.62 bits per heavy atom. The summed E-state index contributed by atoms with van der Waals surface area (Å²) in [6.07, 6.45) is 2.62. The number of carbonyl (C=O) groups is 2. The van der Waals surface area contributed by atoms with E-state index in [-0.39, 0.29) is 6.61 Å². The van der Waals surface area contributed by atoms with Crippen LogP contribution < -0.4 is 0 Å². The van der Waals surface area contributed by atoms with Crippen molar-refractivity contribution in [3.63, 3.8) is 0 Å². The lowest BCUT2D eigenvalue weighted by atomic mass is 9.76. The molecule has 6 nitrogen and oxygen atoms in total. The molecule has 0 aromatic heterocycles. The number of benzene rings is 1. The van der Waals surface area contributed by atoms with Crippen LogP contribution in [0.5, 0.6) is 0 Å². The second-order valence-electron chi connectivity index (χ2n) is 7.00. The van der Waals surface area contributed by atoms with E-state index in [1.165, 1.54) is 12.0 Å². The van der Waals surface area contributed by atoms with Crippen molar-refractivity contribution < 1.29 is 19.1 Å². The summed E-state index contributed by atoms with van der Waals surface area (Å²) in [5, 5.41) is 0. The second kappa shape index (κ2) is 8.85. The summed E-state index contributed by atoms with van der Waals surface area (Å²) < 4.78 is 10.5. The molecule has 1 aromatic rings. The van der Waals surface area contributed by atoms with Gasteiger partial charge in [-0.25, -0.2) is 9.59 Å². The number of amides is 1. The van der Waals surface area contributed by atoms with Gasteiger partial charge >= 0.3 is 12.1 Å². The fraction of sp³-hybridized carbons (Fsp3) is 0.500. The van der Waals surface area contributed by atoms with Gasteiger partial charge < -0.3 is 14.4 Å². The highest BCUT2D eigenvalue weighted by atomic mass is 16.6. The molecule has 0 spiro atoms. The molecule has 1 heterocycles. The van der Waals surface area contributed by atoms with E-state index in [0.717, 1.165) is 5.56 Å². The molecule has 1 aliphatic heterocycles. The summed E-state index contributed by atoms with van der Waals surface area (Å²) in [4.78, 5) is 28.8. The predicted octanol–water partition coefficient (Wildman–Crippen LogP) is 2.69. The number of nitrogens with zero attached hydrogens (tertiary/aromatic N) is 2. The van der Waals surface area contributed by atoms with Gasteiger partial charge in [0.1, 0.15) is 12.6 Å². The molecule has 0 radical (unpaired) electrons. The maximum atomic E-state index is 12.7. The molecule has 6 heteroatoms. The highest BCUT2D eigenvalue weighted by Gasteiger charge is 2.53. The number of rotatable bonds is 7. The van der Waals surface area contributed by atoms with E-state index in [1.54, 1.807) is 6.08 Å². The molecule has 1 amide bonds. The van der Waals surface area contributed by atoms with E-state index in [1.807, 2.05) is 49.3 Å². The van der Waals surface area contributed by atoms with Crippen molar-refractivity contribution in [3.8, 4) is 0 Å². The van der Waals surface area contributed by atoms with Crippen LogP contribution in [0.4, 0.5) is 4.79 Å². The molecule has 142 valence electrons. The number of hydrogen-bond donors (Lipinski definition) is 0. The van der Waals surface area contributed by atoms with Crippen molar-refractivity contribution in [3.05, 3.63) is 48.6 Å². The molecule has 0 N–H and O–H groups in total. The van der Waals surface area contributed by atoms with Gasteiger partial charge in [0.2, 0.25) is 0 Å². The van der Waals surface area contributed by atoms with Gasteiger partial charge in [-0.3, -0.25) is 4.90 Å². The molecule has 1 saturated heterocycles. The molecule has 0 bridgehead atoms. The van der Waals surface area contributed by atoms with E-state index in [4.69, 9.17) is 9.47 Å². The van der Waals surface area contributed by atoms with Crippen molar-refractivity contribution in [2.24, 2.45) is 5.41 Å². The third kappa shape index (κ3) is 4.43. The summed E-state index contributed by atoms with van der Waals surface area (Å²) in [6, 6.07) is 8.79. The van der Waals surface area contributed by atoms with Crippen LogP contribution in [-0.2, 0) is 20.9 Å². The predicted molar refractivity (Wildman–Crippen MR) is 99.6 cm³/mol. The highest BCUT2D eigenvalue weighted by molar-refractivity contribution is 5.83. The first-order valence-corrected chi connectivity index (χ1v) is 8.74. The van der Waals surface area contributed by atoms with Crippen molar-refractivity contribution in [2.75, 3.05) is 34.3 Å². The molecule has 0 saturated carbocycles. The van der Waals surface area contributed by atoms with Crippen molar-refractivity contribution in [2.45, 2.75) is 25.5 Å². The lowest BCUT2D eigenvalue weighted by Gasteiger charge is -2.37. The average molecular weight is 360 g/mol. The Hall–Kier alpha value is -2.34. The molecule has 2 rings (SSSR count). The number of ether oxygens (including phenoxy) is 2. The van der Waals surface area contributed by atoms with Crippen LogP contribution in [0.3, 0.4) is 0 Å². The third-order valence-corrected chi connectivity index (χ3v) is 4.79. The molecular formula is C20H28N2O4. The van der Waals surface area contributed by atoms with Crippen LogP contribution in [0.2, 0.25) is 0 Å². The van der Waals surface area contributed by atoms with E-state index in [9.17, 15) is 9.59 Å². The van der Waals surface area contributed by atoms with Gasteiger partial charge in [-0.2, -0.15) is 0 Å². The van der Waals surface area contributed by atoms with Crippen LogP contribution in [0.1, 0.15) is 18.4 Å². The van der Waals surface area contributed by atoms with E-state index >= 15 is 0 Å². The summed E-state index contributed by atoms with van der Waals surface area (Å²) in [5.74, 6) is -0.414. The molecule has 2 atom stereocenters. The molecule has 1 aromatic carbocycles. The summed E-state index contributed by atoms with van der Waals surface area (Å²) in [7, 11) is 5.26. The zero-order valence-electron chi connectivity index (χ0n) is 15.8. The van der Waals surface area contributed by atoms with E-state index in [2.05, 4.69) is 6.58 Å². The monoisotopic (exact) mass is 360 g/mol. The van der Waals surface area contributed by atoms with Crippen molar-refractivity contribution in [1.29, 1.82) is 0 Å². The number of likely N-dealkylation sites (tertiary alicyclic amines) is 1. The summed E-state index contributed by atoms with van der Waals surface area (Å²) in [6.45, 7) is 5.12. The van der Waals surface area contributed by atoms with Crippen molar-refractivity contribution >= 4 is 12.1 Å². The molecular weight excluding hydrogens is 332 g/mol. The zero-order chi connectivity index (χ0) is 19.2. The quantitative estimate of drug-likeness (QED) is 0.553. The lowest BCUT2D eigenvalue weighted by molar-refractivity contribution is -0.149. The van der Waals surface area contributed by atoms with Crippen molar-refractivity contribution in [1.82, 2.24) is 9.80 Å². The maximum Gasteiger partial charge on any atom is 0.410 e. The van der Waals surface area contributed by atoms with Crippen LogP contribution >= 0.6 is 0 Å². The molecule has 0 aliphatic carbocycles. The number of carbonyl (C=O) groups excluding carboxylic acids is 2. The molecule has 1 aliphatic rings. The second-order valence-corrected chi connectivity index (χ2v) is 7.00. The smallest absolute Gasteiger partial charge is 0.410 e. The standard InChI is InChI=1S/C20H28N2O4/c1-5-11-20(15-21(2)3)12-13-22(17(20)18(23)25-4)19(24)26-14-16-9-7-6-8-10-16/h5-10,17H,1,11-15H2,2-4H3/t17-,20-/m1/s1. The number of esters is 1. The normalized spacial score (nSPS) is 22.3. The minimum Gasteiger partial charge on any atom is -0.467 e. The van der Waals surface area contributed by atoms with Crippen LogP contribution in [-0.4, -0.2) is 62.2 Å². The molecule has 26 heavy (non-hydrogen) atoms. The van der Waals surface area contributed by atoms with Gasteiger partial charge in [-0.1, -0.05) is 36.4 Å². The van der Waals surface area contributed by atoms with E-state index < -0.39 is 23.5 Å². The summed E-state index contributed by atoms with van der Waals surface area (Å²) >= 11 is 0. The minimum absolute atomic E-state index is 0.173. The number of allylic oxidation sites excluding steroid dienone is 1. The van der Waals surface area contributed by atoms with Gasteiger partial charge in [-0.05, 0) is 32.5 Å². The Bertz CT molecular complexity index is 632. The maximum absolute atomic E-state index is 12.7. The topological polar surface area (TPSA) is 59.1 Å². The first-order valence-electron chi connectivity index (χ1n) is 8.74. The van der Waals surface area contributed by atoms with Gasteiger partial charge in [0.25, 0.3) is 0 Å². The molecule has 1 fully saturated rings. The minimum atomic E-state index is -0.684. The summed E-state index contributed by atoms with van der Waals surface area (Å²) in [5.41, 5.74) is 0.477. The largest absolute Gasteiger partial charge is 0.467 e. The average Bonchev–Trinajstić information content (AvgIpc) is 2.98. The Kier molecular flexibility index (Phi) is 6.80. The number of methoxy groups -OCH3 is 1. The Morgan fingerprint density at radius 2 is 2.04 bits per heavy atom. The fourth-order valence-corrected chi connectivity index (χ4v) is 3.79. The van der Waals surface area contributed by atoms with Crippen LogP contribution in [0.25, 0.3) is 0 Å². The first kappa shape index (κ1) is 20.0. The van der Waals surface area contributed by atoms with Gasteiger partial charge in [0.05, 0.1) is 7.11 Å². The Morgan fingerprint density at radius 1 is 1.35 bits per heavy atom. The Labute approximate surface area is 155 Å². The lowest BCUT2D eigenvalue weighted by Crippen LogP contribution is -2.52. The third-order valence-electron chi connectivity index (χ3n) is 4.79. The van der Waals surface area contributed by atoms with Gasteiger partial charge in [-0.15, -0.1) is 6.58 Å².